The molecule has 0 radical (unpaired) electrons. The number of carbonyl (C=O) groups is 2. The van der Waals surface area contributed by atoms with Gasteiger partial charge in [-0.15, -0.1) is 0 Å². The van der Waals surface area contributed by atoms with E-state index in [1.54, 1.807) is 6.07 Å². The number of hydrogen-bond donors (Lipinski definition) is 1. The fraction of sp³-hybridized carbons (Fsp3) is 0.355. The van der Waals surface area contributed by atoms with Crippen LogP contribution in [-0.2, 0) is 11.3 Å². The normalized spacial score (nSPS) is 12.6. The average Bonchev–Trinajstić information content (AvgIpc) is 2.87. The molecule has 0 saturated heterocycles. The van der Waals surface area contributed by atoms with E-state index in [2.05, 4.69) is 26.1 Å². The second-order valence-corrected chi connectivity index (χ2v) is 10.0. The summed E-state index contributed by atoms with van der Waals surface area (Å²) in [5.74, 6) is -0.732. The minimum Gasteiger partial charge on any atom is -0.377 e. The quantitative estimate of drug-likeness (QED) is 0.334. The molecule has 0 saturated carbocycles. The molecule has 2 atom stereocenters. The highest BCUT2D eigenvalue weighted by molar-refractivity contribution is 6.04. The van der Waals surface area contributed by atoms with Crippen molar-refractivity contribution in [1.82, 2.24) is 4.90 Å². The summed E-state index contributed by atoms with van der Waals surface area (Å²) in [6, 6.07) is 21.2. The Morgan fingerprint density at radius 2 is 1.62 bits per heavy atom. The molecule has 2 amide bonds. The molecular weight excluding hydrogens is 465 g/mol. The zero-order valence-electron chi connectivity index (χ0n) is 22.7. The molecule has 6 heteroatoms. The van der Waals surface area contributed by atoms with Gasteiger partial charge in [-0.05, 0) is 66.8 Å². The van der Waals surface area contributed by atoms with Crippen LogP contribution >= 0.6 is 0 Å². The van der Waals surface area contributed by atoms with Gasteiger partial charge in [-0.25, -0.2) is 4.39 Å². The van der Waals surface area contributed by atoms with Gasteiger partial charge < -0.3 is 15.1 Å². The summed E-state index contributed by atoms with van der Waals surface area (Å²) in [5.41, 5.74) is 3.74. The summed E-state index contributed by atoms with van der Waals surface area (Å²) >= 11 is 0. The number of anilines is 2. The molecule has 1 N–H and O–H groups in total. The van der Waals surface area contributed by atoms with Crippen molar-refractivity contribution in [1.29, 1.82) is 0 Å². The predicted molar refractivity (Wildman–Crippen MR) is 149 cm³/mol. The summed E-state index contributed by atoms with van der Waals surface area (Å²) in [6.07, 6.45) is 0.703. The number of nitrogens with zero attached hydrogens (tertiary/aromatic N) is 2. The van der Waals surface area contributed by atoms with Gasteiger partial charge in [-0.1, -0.05) is 57.2 Å². The standard InChI is InChI=1S/C31H38FN3O2/c1-7-28(23-12-9-8-10-13-23)31(37)35(22(4)21(2)3)20-25-19-27(16-17-29(25)34(5)6)33-30(36)24-14-11-15-26(32)18-24/h8-19,21-22,28H,7,20H2,1-6H3,(H,33,36)/t22-,28+/m0/s1. The summed E-state index contributed by atoms with van der Waals surface area (Å²) in [4.78, 5) is 30.7. The van der Waals surface area contributed by atoms with Gasteiger partial charge in [0.05, 0.1) is 5.92 Å². The Balaban J connectivity index is 1.96. The maximum atomic E-state index is 14.0. The smallest absolute Gasteiger partial charge is 0.255 e. The second kappa shape index (κ2) is 12.5. The van der Waals surface area contributed by atoms with E-state index >= 15 is 0 Å². The Hall–Kier alpha value is -3.67. The summed E-state index contributed by atoms with van der Waals surface area (Å²) in [6.45, 7) is 8.78. The molecule has 0 aliphatic heterocycles. The number of benzene rings is 3. The highest BCUT2D eigenvalue weighted by Crippen LogP contribution is 2.30. The van der Waals surface area contributed by atoms with Gasteiger partial charge in [-0.3, -0.25) is 9.59 Å². The molecule has 37 heavy (non-hydrogen) atoms. The highest BCUT2D eigenvalue weighted by Gasteiger charge is 2.30. The molecule has 0 spiro atoms. The Kier molecular flexibility index (Phi) is 9.45. The van der Waals surface area contributed by atoms with E-state index in [0.717, 1.165) is 16.8 Å². The summed E-state index contributed by atoms with van der Waals surface area (Å²) < 4.78 is 13.6. The first-order chi connectivity index (χ1) is 17.6. The largest absolute Gasteiger partial charge is 0.377 e. The third kappa shape index (κ3) is 6.97. The van der Waals surface area contributed by atoms with Gasteiger partial charge in [0.1, 0.15) is 5.82 Å². The van der Waals surface area contributed by atoms with Gasteiger partial charge in [0.2, 0.25) is 5.91 Å². The second-order valence-electron chi connectivity index (χ2n) is 10.0. The van der Waals surface area contributed by atoms with Crippen molar-refractivity contribution in [2.45, 2.75) is 52.6 Å². The number of carbonyl (C=O) groups excluding carboxylic acids is 2. The average molecular weight is 504 g/mol. The van der Waals surface area contributed by atoms with Crippen LogP contribution in [0.4, 0.5) is 15.8 Å². The van der Waals surface area contributed by atoms with Crippen molar-refractivity contribution in [3.05, 3.63) is 95.3 Å². The monoisotopic (exact) mass is 503 g/mol. The molecular formula is C31H38FN3O2. The van der Waals surface area contributed by atoms with Crippen molar-refractivity contribution < 1.29 is 14.0 Å². The van der Waals surface area contributed by atoms with Gasteiger partial charge in [0.25, 0.3) is 5.91 Å². The van der Waals surface area contributed by atoms with Crippen LogP contribution in [0.15, 0.2) is 72.8 Å². The van der Waals surface area contributed by atoms with Crippen LogP contribution in [-0.4, -0.2) is 36.9 Å². The fourth-order valence-electron chi connectivity index (χ4n) is 4.46. The maximum absolute atomic E-state index is 14.0. The lowest BCUT2D eigenvalue weighted by atomic mass is 9.92. The summed E-state index contributed by atoms with van der Waals surface area (Å²) in [7, 11) is 3.92. The fourth-order valence-corrected chi connectivity index (χ4v) is 4.46. The van der Waals surface area contributed by atoms with Crippen molar-refractivity contribution in [2.75, 3.05) is 24.3 Å². The highest BCUT2D eigenvalue weighted by atomic mass is 19.1. The Morgan fingerprint density at radius 1 is 0.919 bits per heavy atom. The lowest BCUT2D eigenvalue weighted by Crippen LogP contribution is -2.43. The lowest BCUT2D eigenvalue weighted by molar-refractivity contribution is -0.136. The molecule has 196 valence electrons. The Bertz CT molecular complexity index is 1210. The molecule has 0 aliphatic rings. The van der Waals surface area contributed by atoms with Crippen molar-refractivity contribution in [3.8, 4) is 0 Å². The zero-order chi connectivity index (χ0) is 27.1. The first kappa shape index (κ1) is 27.9. The minimum absolute atomic E-state index is 0.00538. The topological polar surface area (TPSA) is 52.7 Å². The van der Waals surface area contributed by atoms with Crippen LogP contribution < -0.4 is 10.2 Å². The van der Waals surface area contributed by atoms with E-state index < -0.39 is 5.82 Å². The van der Waals surface area contributed by atoms with Gasteiger partial charge in [0.15, 0.2) is 0 Å². The molecule has 0 bridgehead atoms. The molecule has 0 fully saturated rings. The third-order valence-corrected chi connectivity index (χ3v) is 6.89. The van der Waals surface area contributed by atoms with Crippen LogP contribution in [0.2, 0.25) is 0 Å². The number of amides is 2. The number of halogens is 1. The van der Waals surface area contributed by atoms with Crippen molar-refractivity contribution in [3.63, 3.8) is 0 Å². The van der Waals surface area contributed by atoms with Gasteiger partial charge >= 0.3 is 0 Å². The third-order valence-electron chi connectivity index (χ3n) is 6.89. The SMILES string of the molecule is CC[C@@H](C(=O)N(Cc1cc(NC(=O)c2cccc(F)c2)ccc1N(C)C)[C@@H](C)C(C)C)c1ccccc1. The lowest BCUT2D eigenvalue weighted by Gasteiger charge is -2.36. The van der Waals surface area contributed by atoms with E-state index in [1.807, 2.05) is 79.3 Å². The van der Waals surface area contributed by atoms with Crippen LogP contribution in [0.3, 0.4) is 0 Å². The van der Waals surface area contributed by atoms with Crippen LogP contribution in [0.25, 0.3) is 0 Å². The van der Waals surface area contributed by atoms with Crippen LogP contribution in [0.1, 0.15) is 61.5 Å². The van der Waals surface area contributed by atoms with Crippen LogP contribution in [0.5, 0.6) is 0 Å². The van der Waals surface area contributed by atoms with E-state index in [4.69, 9.17) is 0 Å². The number of hydrogen-bond acceptors (Lipinski definition) is 3. The molecule has 3 rings (SSSR count). The summed E-state index contributed by atoms with van der Waals surface area (Å²) in [5, 5.41) is 2.88. The molecule has 0 aliphatic carbocycles. The molecule has 0 heterocycles. The van der Waals surface area contributed by atoms with E-state index in [-0.39, 0.29) is 35.3 Å². The Labute approximate surface area is 220 Å². The number of nitrogens with one attached hydrogen (secondary N) is 1. The molecule has 0 aromatic heterocycles. The maximum Gasteiger partial charge on any atom is 0.255 e. The predicted octanol–water partition coefficient (Wildman–Crippen LogP) is 6.71. The van der Waals surface area contributed by atoms with Gasteiger partial charge in [-0.2, -0.15) is 0 Å². The molecule has 0 unspecified atom stereocenters. The minimum atomic E-state index is -0.461. The zero-order valence-corrected chi connectivity index (χ0v) is 22.7. The van der Waals surface area contributed by atoms with Crippen molar-refractivity contribution >= 4 is 23.2 Å². The van der Waals surface area contributed by atoms with E-state index in [0.29, 0.717) is 18.7 Å². The molecule has 3 aromatic carbocycles. The van der Waals surface area contributed by atoms with Crippen molar-refractivity contribution in [2.24, 2.45) is 5.92 Å². The molecule has 3 aromatic rings. The van der Waals surface area contributed by atoms with Crippen LogP contribution in [0, 0.1) is 11.7 Å². The first-order valence-electron chi connectivity index (χ1n) is 12.8. The Morgan fingerprint density at radius 3 is 2.22 bits per heavy atom. The van der Waals surface area contributed by atoms with E-state index in [9.17, 15) is 14.0 Å². The van der Waals surface area contributed by atoms with E-state index in [1.165, 1.54) is 18.2 Å². The van der Waals surface area contributed by atoms with Gasteiger partial charge in [0, 0.05) is 43.6 Å². The number of rotatable bonds is 10. The molecule has 5 nitrogen and oxygen atoms in total. The first-order valence-corrected chi connectivity index (χ1v) is 12.8.